The van der Waals surface area contributed by atoms with E-state index in [1.807, 2.05) is 0 Å². The van der Waals surface area contributed by atoms with Gasteiger partial charge in [0.05, 0.1) is 21.9 Å². The molecule has 94 valence electrons. The quantitative estimate of drug-likeness (QED) is 0.901. The molecule has 0 atom stereocenters. The summed E-state index contributed by atoms with van der Waals surface area (Å²) in [5.41, 5.74) is 5.83. The maximum atomic E-state index is 11.7. The van der Waals surface area contributed by atoms with Crippen LogP contribution in [0.4, 0.5) is 11.5 Å². The van der Waals surface area contributed by atoms with Crippen LogP contribution in [0.25, 0.3) is 0 Å². The number of halogens is 2. The molecule has 0 aliphatic rings. The van der Waals surface area contributed by atoms with Crippen LogP contribution in [0, 0.1) is 0 Å². The molecule has 6 nitrogen and oxygen atoms in total. The Balaban J connectivity index is 2.05. The fraction of sp³-hybridized carbons (Fsp3) is 0.100. The van der Waals surface area contributed by atoms with Gasteiger partial charge in [0, 0.05) is 0 Å². The van der Waals surface area contributed by atoms with E-state index in [9.17, 15) is 4.79 Å². The Hall–Kier alpha value is -1.79. The predicted molar refractivity (Wildman–Crippen MR) is 69.5 cm³/mol. The maximum absolute atomic E-state index is 11.7. The van der Waals surface area contributed by atoms with Crippen LogP contribution in [0.5, 0.6) is 0 Å². The van der Waals surface area contributed by atoms with Crippen LogP contribution >= 0.6 is 23.2 Å². The zero-order chi connectivity index (χ0) is 13.1. The van der Waals surface area contributed by atoms with Gasteiger partial charge in [-0.3, -0.25) is 4.79 Å². The molecular formula is C10H9Cl2N5O. The summed E-state index contributed by atoms with van der Waals surface area (Å²) in [6.45, 7) is -0.0555. The third-order valence-corrected chi connectivity index (χ3v) is 2.88. The molecule has 2 aromatic rings. The third kappa shape index (κ3) is 2.91. The number of nitrogens with zero attached hydrogens (tertiary/aromatic N) is 3. The molecule has 1 aromatic heterocycles. The lowest BCUT2D eigenvalue weighted by Gasteiger charge is -2.07. The zero-order valence-corrected chi connectivity index (χ0v) is 10.6. The zero-order valence-electron chi connectivity index (χ0n) is 9.10. The van der Waals surface area contributed by atoms with Gasteiger partial charge >= 0.3 is 0 Å². The van der Waals surface area contributed by atoms with E-state index >= 15 is 0 Å². The number of aromatic nitrogens is 3. The van der Waals surface area contributed by atoms with Crippen molar-refractivity contribution in [1.82, 2.24) is 15.0 Å². The highest BCUT2D eigenvalue weighted by Gasteiger charge is 2.09. The number of anilines is 2. The minimum Gasteiger partial charge on any atom is -0.381 e. The highest BCUT2D eigenvalue weighted by Crippen LogP contribution is 2.29. The number of carbonyl (C=O) groups is 1. The van der Waals surface area contributed by atoms with Crippen LogP contribution in [0.15, 0.2) is 24.4 Å². The molecule has 0 aliphatic carbocycles. The Labute approximate surface area is 113 Å². The van der Waals surface area contributed by atoms with Crippen LogP contribution in [0.3, 0.4) is 0 Å². The van der Waals surface area contributed by atoms with Gasteiger partial charge in [-0.2, -0.15) is 9.90 Å². The monoisotopic (exact) mass is 285 g/mol. The van der Waals surface area contributed by atoms with Gasteiger partial charge in [-0.15, -0.1) is 5.10 Å². The average molecular weight is 286 g/mol. The first-order valence-corrected chi connectivity index (χ1v) is 5.71. The summed E-state index contributed by atoms with van der Waals surface area (Å²) in [6, 6.07) is 4.97. The molecule has 0 unspecified atom stereocenters. The number of nitrogens with one attached hydrogen (secondary N) is 1. The van der Waals surface area contributed by atoms with Crippen molar-refractivity contribution in [2.45, 2.75) is 6.54 Å². The second-order valence-corrected chi connectivity index (χ2v) is 4.23. The summed E-state index contributed by atoms with van der Waals surface area (Å²) in [5, 5.41) is 10.9. The Kier molecular flexibility index (Phi) is 3.69. The average Bonchev–Trinajstić information content (AvgIpc) is 2.70. The molecule has 3 N–H and O–H groups in total. The summed E-state index contributed by atoms with van der Waals surface area (Å²) in [5.74, 6) is -0.0710. The number of amides is 1. The van der Waals surface area contributed by atoms with Gasteiger partial charge in [0.15, 0.2) is 5.82 Å². The van der Waals surface area contributed by atoms with Gasteiger partial charge in [-0.25, -0.2) is 0 Å². The number of hydrogen-bond donors (Lipinski definition) is 2. The first kappa shape index (κ1) is 12.7. The third-order valence-electron chi connectivity index (χ3n) is 2.06. The molecule has 0 saturated heterocycles. The lowest BCUT2D eigenvalue weighted by Crippen LogP contribution is -2.20. The minimum atomic E-state index is -0.324. The Morgan fingerprint density at radius 1 is 1.44 bits per heavy atom. The van der Waals surface area contributed by atoms with Crippen LogP contribution < -0.4 is 11.1 Å². The smallest absolute Gasteiger partial charge is 0.248 e. The molecule has 1 heterocycles. The van der Waals surface area contributed by atoms with E-state index < -0.39 is 0 Å². The molecule has 1 amide bonds. The van der Waals surface area contributed by atoms with Gasteiger partial charge in [0.25, 0.3) is 0 Å². The van der Waals surface area contributed by atoms with E-state index in [-0.39, 0.29) is 18.3 Å². The van der Waals surface area contributed by atoms with Crippen LogP contribution in [0.2, 0.25) is 10.0 Å². The minimum absolute atomic E-state index is 0.0555. The van der Waals surface area contributed by atoms with Gasteiger partial charge < -0.3 is 11.1 Å². The van der Waals surface area contributed by atoms with Crippen molar-refractivity contribution >= 4 is 40.6 Å². The van der Waals surface area contributed by atoms with E-state index in [2.05, 4.69) is 15.5 Å². The standard InChI is InChI=1S/C10H9Cl2N5O/c11-6-2-1-3-7(10(6)12)15-9(18)5-17-14-4-8(13)16-17/h1-4H,5H2,(H2,13,16)(H,15,18). The summed E-state index contributed by atoms with van der Waals surface area (Å²) >= 11 is 11.8. The molecule has 0 fully saturated rings. The molecule has 0 spiro atoms. The van der Waals surface area contributed by atoms with Crippen molar-refractivity contribution in [2.75, 3.05) is 11.1 Å². The van der Waals surface area contributed by atoms with Gasteiger partial charge in [-0.05, 0) is 12.1 Å². The second kappa shape index (κ2) is 5.24. The van der Waals surface area contributed by atoms with Gasteiger partial charge in [-0.1, -0.05) is 29.3 Å². The second-order valence-electron chi connectivity index (χ2n) is 3.45. The molecular weight excluding hydrogens is 277 g/mol. The Morgan fingerprint density at radius 3 is 2.89 bits per heavy atom. The first-order chi connectivity index (χ1) is 8.56. The van der Waals surface area contributed by atoms with E-state index in [0.29, 0.717) is 15.7 Å². The van der Waals surface area contributed by atoms with Crippen molar-refractivity contribution in [3.05, 3.63) is 34.4 Å². The normalized spacial score (nSPS) is 10.3. The largest absolute Gasteiger partial charge is 0.381 e. The first-order valence-electron chi connectivity index (χ1n) is 4.96. The number of rotatable bonds is 3. The van der Waals surface area contributed by atoms with Crippen LogP contribution in [-0.2, 0) is 11.3 Å². The highest BCUT2D eigenvalue weighted by molar-refractivity contribution is 6.43. The Morgan fingerprint density at radius 2 is 2.22 bits per heavy atom. The molecule has 8 heteroatoms. The van der Waals surface area contributed by atoms with Crippen molar-refractivity contribution in [1.29, 1.82) is 0 Å². The number of nitrogen functional groups attached to an aromatic ring is 1. The summed E-state index contributed by atoms with van der Waals surface area (Å²) in [7, 11) is 0. The molecule has 0 saturated carbocycles. The molecule has 1 aromatic carbocycles. The molecule has 2 rings (SSSR count). The Bertz CT molecular complexity index is 583. The fourth-order valence-electron chi connectivity index (χ4n) is 1.31. The number of hydrogen-bond acceptors (Lipinski definition) is 4. The van der Waals surface area contributed by atoms with Gasteiger partial charge in [0.1, 0.15) is 6.54 Å². The number of nitrogens with two attached hydrogens (primary N) is 1. The summed E-state index contributed by atoms with van der Waals surface area (Å²) in [6.07, 6.45) is 1.36. The van der Waals surface area contributed by atoms with Crippen LogP contribution in [0.1, 0.15) is 0 Å². The van der Waals surface area contributed by atoms with E-state index in [1.165, 1.54) is 11.0 Å². The SMILES string of the molecule is Nc1cnn(CC(=O)Nc2cccc(Cl)c2Cl)n1. The van der Waals surface area contributed by atoms with Crippen LogP contribution in [-0.4, -0.2) is 20.9 Å². The predicted octanol–water partition coefficient (Wildman–Crippen LogP) is 1.81. The number of benzene rings is 1. The van der Waals surface area contributed by atoms with Gasteiger partial charge in [0.2, 0.25) is 5.91 Å². The maximum Gasteiger partial charge on any atom is 0.248 e. The highest BCUT2D eigenvalue weighted by atomic mass is 35.5. The summed E-state index contributed by atoms with van der Waals surface area (Å²) < 4.78 is 0. The van der Waals surface area contributed by atoms with E-state index in [0.717, 1.165) is 0 Å². The number of carbonyl (C=O) groups excluding carboxylic acids is 1. The molecule has 18 heavy (non-hydrogen) atoms. The van der Waals surface area contributed by atoms with E-state index in [4.69, 9.17) is 28.9 Å². The van der Waals surface area contributed by atoms with Crippen molar-refractivity contribution < 1.29 is 4.79 Å². The lowest BCUT2D eigenvalue weighted by atomic mass is 10.3. The summed E-state index contributed by atoms with van der Waals surface area (Å²) in [4.78, 5) is 12.9. The topological polar surface area (TPSA) is 85.8 Å². The van der Waals surface area contributed by atoms with E-state index in [1.54, 1.807) is 18.2 Å². The fourth-order valence-corrected chi connectivity index (χ4v) is 1.65. The lowest BCUT2D eigenvalue weighted by molar-refractivity contribution is -0.117. The molecule has 0 radical (unpaired) electrons. The molecule has 0 aliphatic heterocycles. The van der Waals surface area contributed by atoms with Crippen molar-refractivity contribution in [2.24, 2.45) is 0 Å². The van der Waals surface area contributed by atoms with Crippen molar-refractivity contribution in [3.8, 4) is 0 Å². The van der Waals surface area contributed by atoms with Crippen molar-refractivity contribution in [3.63, 3.8) is 0 Å². The molecule has 0 bridgehead atoms.